The quantitative estimate of drug-likeness (QED) is 0.899. The van der Waals surface area contributed by atoms with Crippen molar-refractivity contribution in [2.24, 2.45) is 5.41 Å². The molecule has 1 aromatic rings. The second-order valence-electron chi connectivity index (χ2n) is 7.08. The maximum absolute atomic E-state index is 12.4. The van der Waals surface area contributed by atoms with Crippen molar-refractivity contribution in [3.8, 4) is 0 Å². The van der Waals surface area contributed by atoms with E-state index in [2.05, 4.69) is 10.6 Å². The van der Waals surface area contributed by atoms with E-state index in [0.717, 1.165) is 18.5 Å². The van der Waals surface area contributed by atoms with Crippen LogP contribution in [-0.2, 0) is 4.79 Å². The number of hydrogen-bond acceptors (Lipinski definition) is 3. The van der Waals surface area contributed by atoms with Crippen LogP contribution in [0, 0.1) is 5.41 Å². The Hall–Kier alpha value is -2.04. The lowest BCUT2D eigenvalue weighted by Gasteiger charge is -2.21. The summed E-state index contributed by atoms with van der Waals surface area (Å²) in [4.78, 5) is 26.4. The number of anilines is 2. The summed E-state index contributed by atoms with van der Waals surface area (Å²) in [5.41, 5.74) is 1.60. The molecule has 2 rings (SSSR count). The zero-order valence-corrected chi connectivity index (χ0v) is 14.0. The predicted molar refractivity (Wildman–Crippen MR) is 89.3 cm³/mol. The Kier molecular flexibility index (Phi) is 4.44. The van der Waals surface area contributed by atoms with E-state index in [4.69, 9.17) is 0 Å². The van der Waals surface area contributed by atoms with Crippen LogP contribution in [0.1, 0.15) is 44.0 Å². The van der Waals surface area contributed by atoms with Crippen LogP contribution < -0.4 is 15.5 Å². The van der Waals surface area contributed by atoms with Crippen LogP contribution in [-0.4, -0.2) is 32.0 Å². The Morgan fingerprint density at radius 2 is 1.82 bits per heavy atom. The molecule has 0 unspecified atom stereocenters. The van der Waals surface area contributed by atoms with Gasteiger partial charge in [-0.25, -0.2) is 0 Å². The van der Waals surface area contributed by atoms with Crippen LogP contribution >= 0.6 is 0 Å². The summed E-state index contributed by atoms with van der Waals surface area (Å²) >= 11 is 0. The average molecular weight is 303 g/mol. The molecule has 0 saturated heterocycles. The summed E-state index contributed by atoms with van der Waals surface area (Å²) in [6, 6.07) is 5.74. The van der Waals surface area contributed by atoms with Crippen LogP contribution in [0.2, 0.25) is 0 Å². The summed E-state index contributed by atoms with van der Waals surface area (Å²) < 4.78 is 0. The van der Waals surface area contributed by atoms with E-state index in [1.54, 1.807) is 6.07 Å². The summed E-state index contributed by atoms with van der Waals surface area (Å²) in [5, 5.41) is 5.87. The summed E-state index contributed by atoms with van der Waals surface area (Å²) in [6.45, 7) is 5.58. The van der Waals surface area contributed by atoms with Crippen molar-refractivity contribution in [3.05, 3.63) is 23.8 Å². The minimum absolute atomic E-state index is 0.0707. The Bertz CT molecular complexity index is 584. The molecule has 0 aliphatic heterocycles. The van der Waals surface area contributed by atoms with E-state index < -0.39 is 5.41 Å². The number of nitrogens with zero attached hydrogens (tertiary/aromatic N) is 1. The molecule has 0 spiro atoms. The third-order valence-corrected chi connectivity index (χ3v) is 3.57. The fraction of sp³-hybridized carbons (Fsp3) is 0.529. The van der Waals surface area contributed by atoms with Gasteiger partial charge in [-0.15, -0.1) is 0 Å². The largest absolute Gasteiger partial charge is 0.377 e. The van der Waals surface area contributed by atoms with Gasteiger partial charge in [-0.05, 0) is 31.0 Å². The van der Waals surface area contributed by atoms with Crippen LogP contribution in [0.15, 0.2) is 18.2 Å². The Morgan fingerprint density at radius 3 is 2.32 bits per heavy atom. The molecular weight excluding hydrogens is 278 g/mol. The maximum atomic E-state index is 12.4. The van der Waals surface area contributed by atoms with Gasteiger partial charge in [0.15, 0.2) is 0 Å². The van der Waals surface area contributed by atoms with Gasteiger partial charge < -0.3 is 15.5 Å². The first-order chi connectivity index (χ1) is 10.2. The maximum Gasteiger partial charge on any atom is 0.253 e. The van der Waals surface area contributed by atoms with Crippen LogP contribution in [0.25, 0.3) is 0 Å². The van der Waals surface area contributed by atoms with Gasteiger partial charge in [0.25, 0.3) is 5.91 Å². The molecule has 1 aliphatic rings. The molecular formula is C17H25N3O2. The topological polar surface area (TPSA) is 61.4 Å². The summed E-state index contributed by atoms with van der Waals surface area (Å²) in [5.74, 6) is -0.156. The molecule has 0 aromatic heterocycles. The first kappa shape index (κ1) is 16.3. The lowest BCUT2D eigenvalue weighted by molar-refractivity contribution is -0.123. The molecule has 5 nitrogen and oxygen atoms in total. The number of benzene rings is 1. The SMILES string of the molecule is CN(C)c1ccc(NC(=O)C(C)(C)C)cc1C(=O)NC1CC1. The fourth-order valence-corrected chi connectivity index (χ4v) is 2.00. The van der Waals surface area contributed by atoms with E-state index >= 15 is 0 Å². The third-order valence-electron chi connectivity index (χ3n) is 3.57. The zero-order valence-electron chi connectivity index (χ0n) is 14.0. The van der Waals surface area contributed by atoms with Crippen LogP contribution in [0.3, 0.4) is 0 Å². The number of carbonyl (C=O) groups is 2. The van der Waals surface area contributed by atoms with Crippen molar-refractivity contribution in [2.45, 2.75) is 39.7 Å². The molecule has 2 amide bonds. The lowest BCUT2D eigenvalue weighted by atomic mass is 9.95. The van der Waals surface area contributed by atoms with Crippen molar-refractivity contribution >= 4 is 23.2 Å². The highest BCUT2D eigenvalue weighted by Gasteiger charge is 2.26. The Labute approximate surface area is 132 Å². The molecule has 1 aliphatic carbocycles. The Morgan fingerprint density at radius 1 is 1.18 bits per heavy atom. The van der Waals surface area contributed by atoms with Gasteiger partial charge >= 0.3 is 0 Å². The highest BCUT2D eigenvalue weighted by molar-refractivity contribution is 6.02. The van der Waals surface area contributed by atoms with E-state index in [9.17, 15) is 9.59 Å². The molecule has 2 N–H and O–H groups in total. The lowest BCUT2D eigenvalue weighted by Crippen LogP contribution is -2.29. The zero-order chi connectivity index (χ0) is 16.5. The molecule has 0 radical (unpaired) electrons. The van der Waals surface area contributed by atoms with Gasteiger partial charge in [0.05, 0.1) is 5.56 Å². The standard InChI is InChI=1S/C17H25N3O2/c1-17(2,3)16(22)19-12-8-9-14(20(4)5)13(10-12)15(21)18-11-6-7-11/h8-11H,6-7H2,1-5H3,(H,18,21)(H,19,22). The Balaban J connectivity index is 2.26. The summed E-state index contributed by atoms with van der Waals surface area (Å²) in [7, 11) is 3.80. The van der Waals surface area contributed by atoms with E-state index in [1.807, 2.05) is 51.9 Å². The minimum atomic E-state index is -0.476. The van der Waals surface area contributed by atoms with Gasteiger partial charge in [0.1, 0.15) is 0 Å². The van der Waals surface area contributed by atoms with Crippen molar-refractivity contribution in [3.63, 3.8) is 0 Å². The number of carbonyl (C=O) groups excluding carboxylic acids is 2. The highest BCUT2D eigenvalue weighted by Crippen LogP contribution is 2.26. The number of hydrogen-bond donors (Lipinski definition) is 2. The van der Waals surface area contributed by atoms with Crippen molar-refractivity contribution < 1.29 is 9.59 Å². The minimum Gasteiger partial charge on any atom is -0.377 e. The first-order valence-corrected chi connectivity index (χ1v) is 7.62. The van der Waals surface area contributed by atoms with Gasteiger partial charge in [-0.1, -0.05) is 20.8 Å². The molecule has 1 fully saturated rings. The van der Waals surface area contributed by atoms with Gasteiger partial charge in [-0.3, -0.25) is 9.59 Å². The van der Waals surface area contributed by atoms with Gasteiger partial charge in [0, 0.05) is 36.9 Å². The second kappa shape index (κ2) is 5.99. The highest BCUT2D eigenvalue weighted by atomic mass is 16.2. The van der Waals surface area contributed by atoms with E-state index in [-0.39, 0.29) is 11.8 Å². The molecule has 1 aromatic carbocycles. The second-order valence-corrected chi connectivity index (χ2v) is 7.08. The number of amides is 2. The third kappa shape index (κ3) is 4.00. The molecule has 0 heterocycles. The molecule has 0 atom stereocenters. The average Bonchev–Trinajstić information content (AvgIpc) is 3.21. The number of rotatable bonds is 4. The van der Waals surface area contributed by atoms with Crippen LogP contribution in [0.4, 0.5) is 11.4 Å². The van der Waals surface area contributed by atoms with Crippen molar-refractivity contribution in [2.75, 3.05) is 24.3 Å². The fourth-order valence-electron chi connectivity index (χ4n) is 2.00. The van der Waals surface area contributed by atoms with Gasteiger partial charge in [-0.2, -0.15) is 0 Å². The molecule has 0 bridgehead atoms. The first-order valence-electron chi connectivity index (χ1n) is 7.62. The molecule has 1 saturated carbocycles. The smallest absolute Gasteiger partial charge is 0.253 e. The predicted octanol–water partition coefficient (Wildman–Crippen LogP) is 2.63. The van der Waals surface area contributed by atoms with Crippen LogP contribution in [0.5, 0.6) is 0 Å². The van der Waals surface area contributed by atoms with E-state index in [1.165, 1.54) is 0 Å². The molecule has 5 heteroatoms. The number of nitrogens with one attached hydrogen (secondary N) is 2. The normalized spacial score (nSPS) is 14.4. The van der Waals surface area contributed by atoms with E-state index in [0.29, 0.717) is 17.3 Å². The van der Waals surface area contributed by atoms with Crippen molar-refractivity contribution in [1.29, 1.82) is 0 Å². The molecule has 120 valence electrons. The summed E-state index contributed by atoms with van der Waals surface area (Å²) in [6.07, 6.45) is 2.09. The monoisotopic (exact) mass is 303 g/mol. The van der Waals surface area contributed by atoms with Crippen molar-refractivity contribution in [1.82, 2.24) is 5.32 Å². The molecule has 22 heavy (non-hydrogen) atoms. The van der Waals surface area contributed by atoms with Gasteiger partial charge in [0.2, 0.25) is 5.91 Å².